The third-order valence-corrected chi connectivity index (χ3v) is 6.63. The standard InChI is InChI=1S/C27H39N3O5/c1-19(2)30(27(33)21-9-8-20(3)25(13-21)35-12-6-10-31)18-23-16-28-15-22(23)17-29(4)26(32)14-24-7-5-11-34-24/h5,7-9,11,13,19,22-23,28,31H,6,10,12,14-18H2,1-4H3/t22-,23-/m0/s1. The molecule has 0 saturated carbocycles. The molecule has 2 aromatic rings. The maximum Gasteiger partial charge on any atom is 0.254 e. The zero-order valence-electron chi connectivity index (χ0n) is 21.3. The number of amides is 2. The molecule has 1 aliphatic rings. The zero-order chi connectivity index (χ0) is 25.4. The molecule has 1 fully saturated rings. The molecule has 2 N–H and O–H groups in total. The van der Waals surface area contributed by atoms with Crippen LogP contribution in [0.1, 0.15) is 41.9 Å². The molecule has 2 heterocycles. The second kappa shape index (κ2) is 12.7. The number of likely N-dealkylation sites (N-methyl/N-ethyl adjacent to an activating group) is 1. The second-order valence-corrected chi connectivity index (χ2v) is 9.67. The first-order chi connectivity index (χ1) is 16.8. The summed E-state index contributed by atoms with van der Waals surface area (Å²) in [4.78, 5) is 29.8. The number of carbonyl (C=O) groups excluding carboxylic acids is 2. The molecule has 0 radical (unpaired) electrons. The number of ether oxygens (including phenoxy) is 1. The quantitative estimate of drug-likeness (QED) is 0.449. The molecule has 2 atom stereocenters. The van der Waals surface area contributed by atoms with Gasteiger partial charge in [-0.25, -0.2) is 0 Å². The van der Waals surface area contributed by atoms with Crippen LogP contribution in [0.3, 0.4) is 0 Å². The summed E-state index contributed by atoms with van der Waals surface area (Å²) in [5, 5.41) is 12.5. The van der Waals surface area contributed by atoms with Gasteiger partial charge in [-0.1, -0.05) is 6.07 Å². The van der Waals surface area contributed by atoms with Crippen LogP contribution < -0.4 is 10.1 Å². The maximum atomic E-state index is 13.5. The monoisotopic (exact) mass is 485 g/mol. The number of carbonyl (C=O) groups is 2. The number of hydrogen-bond donors (Lipinski definition) is 2. The Morgan fingerprint density at radius 2 is 1.94 bits per heavy atom. The molecular formula is C27H39N3O5. The summed E-state index contributed by atoms with van der Waals surface area (Å²) in [7, 11) is 1.83. The third-order valence-electron chi connectivity index (χ3n) is 6.63. The van der Waals surface area contributed by atoms with Gasteiger partial charge in [-0.3, -0.25) is 9.59 Å². The number of nitrogens with one attached hydrogen (secondary N) is 1. The Hall–Kier alpha value is -2.84. The van der Waals surface area contributed by atoms with Gasteiger partial charge in [0.2, 0.25) is 5.91 Å². The zero-order valence-corrected chi connectivity index (χ0v) is 21.3. The molecule has 2 amide bonds. The van der Waals surface area contributed by atoms with Crippen molar-refractivity contribution in [3.05, 3.63) is 53.5 Å². The summed E-state index contributed by atoms with van der Waals surface area (Å²) in [6.45, 7) is 9.35. The van der Waals surface area contributed by atoms with Crippen LogP contribution >= 0.6 is 0 Å². The molecule has 1 saturated heterocycles. The van der Waals surface area contributed by atoms with Crippen LogP contribution in [0.25, 0.3) is 0 Å². The highest BCUT2D eigenvalue weighted by molar-refractivity contribution is 5.95. The number of hydrogen-bond acceptors (Lipinski definition) is 6. The van der Waals surface area contributed by atoms with Gasteiger partial charge >= 0.3 is 0 Å². The van der Waals surface area contributed by atoms with E-state index in [1.807, 2.05) is 50.9 Å². The average molecular weight is 486 g/mol. The Labute approximate surface area is 208 Å². The van der Waals surface area contributed by atoms with E-state index in [4.69, 9.17) is 14.3 Å². The number of aryl methyl sites for hydroxylation is 1. The van der Waals surface area contributed by atoms with Crippen molar-refractivity contribution in [3.63, 3.8) is 0 Å². The lowest BCUT2D eigenvalue weighted by molar-refractivity contribution is -0.130. The Morgan fingerprint density at radius 3 is 2.60 bits per heavy atom. The predicted octanol–water partition coefficient (Wildman–Crippen LogP) is 2.74. The normalized spacial score (nSPS) is 17.5. The van der Waals surface area contributed by atoms with Gasteiger partial charge in [0, 0.05) is 57.9 Å². The van der Waals surface area contributed by atoms with Gasteiger partial charge in [0.1, 0.15) is 11.5 Å². The number of aliphatic hydroxyl groups is 1. The molecule has 1 aromatic carbocycles. The van der Waals surface area contributed by atoms with Crippen molar-refractivity contribution in [3.8, 4) is 5.75 Å². The summed E-state index contributed by atoms with van der Waals surface area (Å²) in [5.41, 5.74) is 1.55. The first-order valence-electron chi connectivity index (χ1n) is 12.4. The van der Waals surface area contributed by atoms with Crippen molar-refractivity contribution in [1.29, 1.82) is 0 Å². The van der Waals surface area contributed by atoms with Crippen molar-refractivity contribution in [2.45, 2.75) is 39.7 Å². The van der Waals surface area contributed by atoms with Gasteiger partial charge in [-0.15, -0.1) is 0 Å². The van der Waals surface area contributed by atoms with E-state index in [0.29, 0.717) is 43.2 Å². The Morgan fingerprint density at radius 1 is 1.20 bits per heavy atom. The summed E-state index contributed by atoms with van der Waals surface area (Å²) in [5.74, 6) is 1.83. The minimum atomic E-state index is -0.0279. The van der Waals surface area contributed by atoms with E-state index in [1.54, 1.807) is 23.3 Å². The van der Waals surface area contributed by atoms with Crippen molar-refractivity contribution in [2.75, 3.05) is 46.4 Å². The molecule has 0 aliphatic carbocycles. The van der Waals surface area contributed by atoms with Crippen LogP contribution in [0.15, 0.2) is 41.0 Å². The number of aliphatic hydroxyl groups excluding tert-OH is 1. The second-order valence-electron chi connectivity index (χ2n) is 9.67. The summed E-state index contributed by atoms with van der Waals surface area (Å²) in [6.07, 6.45) is 2.38. The Balaban J connectivity index is 1.65. The first kappa shape index (κ1) is 26.8. The van der Waals surface area contributed by atoms with Crippen LogP contribution in [0.2, 0.25) is 0 Å². The van der Waals surface area contributed by atoms with Gasteiger partial charge in [0.05, 0.1) is 19.3 Å². The lowest BCUT2D eigenvalue weighted by Gasteiger charge is -2.33. The average Bonchev–Trinajstić information content (AvgIpc) is 3.50. The molecule has 8 nitrogen and oxygen atoms in total. The van der Waals surface area contributed by atoms with E-state index >= 15 is 0 Å². The summed E-state index contributed by atoms with van der Waals surface area (Å²) in [6, 6.07) is 9.18. The van der Waals surface area contributed by atoms with E-state index in [-0.39, 0.29) is 42.7 Å². The number of furan rings is 1. The van der Waals surface area contributed by atoms with E-state index in [9.17, 15) is 9.59 Å². The van der Waals surface area contributed by atoms with Gasteiger partial charge in [-0.05, 0) is 62.4 Å². The summed E-state index contributed by atoms with van der Waals surface area (Å²) < 4.78 is 11.1. The van der Waals surface area contributed by atoms with E-state index in [2.05, 4.69) is 5.32 Å². The van der Waals surface area contributed by atoms with Gasteiger partial charge in [0.25, 0.3) is 5.91 Å². The molecule has 0 spiro atoms. The number of nitrogens with zero attached hydrogens (tertiary/aromatic N) is 2. The fraction of sp³-hybridized carbons (Fsp3) is 0.556. The minimum absolute atomic E-state index is 0.0239. The van der Waals surface area contributed by atoms with Gasteiger partial charge < -0.3 is 29.4 Å². The van der Waals surface area contributed by atoms with E-state index in [0.717, 1.165) is 18.7 Å². The summed E-state index contributed by atoms with van der Waals surface area (Å²) >= 11 is 0. The first-order valence-corrected chi connectivity index (χ1v) is 12.4. The predicted molar refractivity (Wildman–Crippen MR) is 134 cm³/mol. The largest absolute Gasteiger partial charge is 0.493 e. The maximum absolute atomic E-state index is 13.5. The molecule has 8 heteroatoms. The molecule has 192 valence electrons. The highest BCUT2D eigenvalue weighted by Gasteiger charge is 2.33. The molecule has 0 bridgehead atoms. The topological polar surface area (TPSA) is 95.3 Å². The molecular weight excluding hydrogens is 446 g/mol. The van der Waals surface area contributed by atoms with Crippen LogP contribution in [0.5, 0.6) is 5.75 Å². The molecule has 0 unspecified atom stereocenters. The van der Waals surface area contributed by atoms with Crippen LogP contribution in [0, 0.1) is 18.8 Å². The van der Waals surface area contributed by atoms with Crippen LogP contribution in [-0.2, 0) is 11.2 Å². The molecule has 3 rings (SSSR count). The van der Waals surface area contributed by atoms with Gasteiger partial charge in [-0.2, -0.15) is 0 Å². The highest BCUT2D eigenvalue weighted by Crippen LogP contribution is 2.25. The minimum Gasteiger partial charge on any atom is -0.493 e. The van der Waals surface area contributed by atoms with Crippen molar-refractivity contribution in [1.82, 2.24) is 15.1 Å². The lowest BCUT2D eigenvalue weighted by Crippen LogP contribution is -2.44. The molecule has 1 aromatic heterocycles. The van der Waals surface area contributed by atoms with E-state index < -0.39 is 0 Å². The smallest absolute Gasteiger partial charge is 0.254 e. The van der Waals surface area contributed by atoms with E-state index in [1.165, 1.54) is 0 Å². The van der Waals surface area contributed by atoms with Crippen LogP contribution in [-0.4, -0.2) is 79.2 Å². The van der Waals surface area contributed by atoms with Crippen molar-refractivity contribution in [2.24, 2.45) is 11.8 Å². The third kappa shape index (κ3) is 7.32. The number of rotatable bonds is 12. The number of benzene rings is 1. The molecule has 1 aliphatic heterocycles. The highest BCUT2D eigenvalue weighted by atomic mass is 16.5. The fourth-order valence-electron chi connectivity index (χ4n) is 4.45. The molecule has 35 heavy (non-hydrogen) atoms. The van der Waals surface area contributed by atoms with Crippen molar-refractivity contribution < 1.29 is 23.8 Å². The van der Waals surface area contributed by atoms with Gasteiger partial charge in [0.15, 0.2) is 0 Å². The Bertz CT molecular complexity index is 960. The lowest BCUT2D eigenvalue weighted by atomic mass is 9.94. The van der Waals surface area contributed by atoms with Crippen molar-refractivity contribution >= 4 is 11.8 Å². The van der Waals surface area contributed by atoms with Crippen LogP contribution in [0.4, 0.5) is 0 Å². The SMILES string of the molecule is Cc1ccc(C(=O)N(C[C@@H]2CNC[C@H]2CN(C)C(=O)Cc2ccco2)C(C)C)cc1OCCCO. The fourth-order valence-corrected chi connectivity index (χ4v) is 4.45. The Kier molecular flexibility index (Phi) is 9.74.